The Hall–Kier alpha value is -2.41. The summed E-state index contributed by atoms with van der Waals surface area (Å²) in [4.78, 5) is 27.5. The second kappa shape index (κ2) is 8.14. The molecule has 0 radical (unpaired) electrons. The van der Waals surface area contributed by atoms with Crippen molar-refractivity contribution in [3.8, 4) is 5.75 Å². The summed E-state index contributed by atoms with van der Waals surface area (Å²) in [5.41, 5.74) is 0.563. The first-order valence-corrected chi connectivity index (χ1v) is 7.68. The smallest absolute Gasteiger partial charge is 0.251 e. The summed E-state index contributed by atoms with van der Waals surface area (Å²) >= 11 is 1.37. The quantitative estimate of drug-likeness (QED) is 0.767. The zero-order valence-electron chi connectivity index (χ0n) is 12.2. The van der Waals surface area contributed by atoms with Gasteiger partial charge in [-0.3, -0.25) is 9.59 Å². The predicted octanol–water partition coefficient (Wildman–Crippen LogP) is 2.30. The van der Waals surface area contributed by atoms with Crippen molar-refractivity contribution in [2.45, 2.75) is 12.8 Å². The van der Waals surface area contributed by atoms with Crippen molar-refractivity contribution >= 4 is 28.3 Å². The molecule has 0 spiro atoms. The molecule has 0 fully saturated rings. The van der Waals surface area contributed by atoms with Gasteiger partial charge in [-0.05, 0) is 30.7 Å². The number of thiazole rings is 1. The zero-order valence-corrected chi connectivity index (χ0v) is 13.0. The van der Waals surface area contributed by atoms with Crippen LogP contribution in [0.4, 0.5) is 5.13 Å². The Bertz CT molecular complexity index is 611. The third-order valence-electron chi connectivity index (χ3n) is 2.90. The third kappa shape index (κ3) is 4.85. The molecule has 0 aliphatic carbocycles. The van der Waals surface area contributed by atoms with Crippen molar-refractivity contribution in [3.05, 3.63) is 41.4 Å². The van der Waals surface area contributed by atoms with Crippen molar-refractivity contribution < 1.29 is 14.3 Å². The van der Waals surface area contributed by atoms with Gasteiger partial charge < -0.3 is 15.4 Å². The number of carbonyl (C=O) groups is 2. The van der Waals surface area contributed by atoms with Gasteiger partial charge in [0.25, 0.3) is 5.91 Å². The van der Waals surface area contributed by atoms with E-state index in [1.165, 1.54) is 11.3 Å². The van der Waals surface area contributed by atoms with E-state index < -0.39 is 0 Å². The number of amides is 2. The van der Waals surface area contributed by atoms with Gasteiger partial charge in [-0.1, -0.05) is 0 Å². The molecule has 1 aromatic carbocycles. The van der Waals surface area contributed by atoms with E-state index in [0.29, 0.717) is 35.8 Å². The van der Waals surface area contributed by atoms with Crippen LogP contribution in [0.3, 0.4) is 0 Å². The van der Waals surface area contributed by atoms with E-state index in [4.69, 9.17) is 4.74 Å². The zero-order chi connectivity index (χ0) is 15.8. The number of anilines is 1. The first kappa shape index (κ1) is 16.0. The third-order valence-corrected chi connectivity index (χ3v) is 3.59. The van der Waals surface area contributed by atoms with Crippen molar-refractivity contribution in [2.75, 3.05) is 19.0 Å². The molecule has 22 heavy (non-hydrogen) atoms. The molecule has 0 bridgehead atoms. The van der Waals surface area contributed by atoms with Crippen molar-refractivity contribution in [1.82, 2.24) is 10.3 Å². The second-order valence-electron chi connectivity index (χ2n) is 4.47. The Morgan fingerprint density at radius 3 is 2.68 bits per heavy atom. The molecular weight excluding hydrogens is 302 g/mol. The van der Waals surface area contributed by atoms with Crippen LogP contribution < -0.4 is 15.4 Å². The van der Waals surface area contributed by atoms with Gasteiger partial charge in [0.2, 0.25) is 5.91 Å². The summed E-state index contributed by atoms with van der Waals surface area (Å²) < 4.78 is 5.04. The molecule has 6 nitrogen and oxygen atoms in total. The normalized spacial score (nSPS) is 10.0. The van der Waals surface area contributed by atoms with Crippen LogP contribution in [-0.4, -0.2) is 30.5 Å². The van der Waals surface area contributed by atoms with E-state index in [1.807, 2.05) is 0 Å². The number of rotatable bonds is 7. The molecule has 2 N–H and O–H groups in total. The van der Waals surface area contributed by atoms with Crippen LogP contribution in [-0.2, 0) is 4.79 Å². The molecule has 1 heterocycles. The fourth-order valence-electron chi connectivity index (χ4n) is 1.76. The number of hydrogen-bond acceptors (Lipinski definition) is 5. The molecule has 0 saturated heterocycles. The lowest BCUT2D eigenvalue weighted by molar-refractivity contribution is -0.116. The average molecular weight is 319 g/mol. The lowest BCUT2D eigenvalue weighted by Gasteiger charge is -2.06. The van der Waals surface area contributed by atoms with Gasteiger partial charge in [0.1, 0.15) is 5.75 Å². The van der Waals surface area contributed by atoms with E-state index in [1.54, 1.807) is 43.0 Å². The highest BCUT2D eigenvalue weighted by Gasteiger charge is 2.07. The molecule has 0 aliphatic heterocycles. The maximum atomic E-state index is 11.9. The molecule has 0 aliphatic rings. The summed E-state index contributed by atoms with van der Waals surface area (Å²) in [7, 11) is 1.58. The van der Waals surface area contributed by atoms with Crippen LogP contribution >= 0.6 is 11.3 Å². The molecule has 0 saturated carbocycles. The fraction of sp³-hybridized carbons (Fsp3) is 0.267. The van der Waals surface area contributed by atoms with Crippen molar-refractivity contribution in [3.63, 3.8) is 0 Å². The standard InChI is InChI=1S/C15H17N3O3S/c1-21-12-6-4-11(5-7-12)14(20)16-8-2-3-13(19)18-15-17-9-10-22-15/h4-7,9-10H,2-3,8H2,1H3,(H,16,20)(H,17,18,19). The second-order valence-corrected chi connectivity index (χ2v) is 5.37. The van der Waals surface area contributed by atoms with Gasteiger partial charge in [0, 0.05) is 30.1 Å². The summed E-state index contributed by atoms with van der Waals surface area (Å²) in [5.74, 6) is 0.437. The predicted molar refractivity (Wildman–Crippen MR) is 85.3 cm³/mol. The molecule has 2 amide bonds. The number of ether oxygens (including phenoxy) is 1. The topological polar surface area (TPSA) is 80.3 Å². The SMILES string of the molecule is COc1ccc(C(=O)NCCCC(=O)Nc2nccs2)cc1. The van der Waals surface area contributed by atoms with Gasteiger partial charge in [0.15, 0.2) is 5.13 Å². The van der Waals surface area contributed by atoms with Crippen molar-refractivity contribution in [1.29, 1.82) is 0 Å². The molecule has 2 rings (SSSR count). The molecule has 2 aromatic rings. The highest BCUT2D eigenvalue weighted by molar-refractivity contribution is 7.13. The summed E-state index contributed by atoms with van der Waals surface area (Å²) in [6, 6.07) is 6.86. The number of methoxy groups -OCH3 is 1. The molecule has 7 heteroatoms. The van der Waals surface area contributed by atoms with E-state index in [2.05, 4.69) is 15.6 Å². The average Bonchev–Trinajstić information content (AvgIpc) is 3.04. The molecule has 1 aromatic heterocycles. The van der Waals surface area contributed by atoms with Crippen molar-refractivity contribution in [2.24, 2.45) is 0 Å². The number of nitrogens with zero attached hydrogens (tertiary/aromatic N) is 1. The van der Waals surface area contributed by atoms with Crippen LogP contribution in [0, 0.1) is 0 Å². The molecule has 0 unspecified atom stereocenters. The first-order chi connectivity index (χ1) is 10.7. The van der Waals surface area contributed by atoms with Gasteiger partial charge >= 0.3 is 0 Å². The number of benzene rings is 1. The van der Waals surface area contributed by atoms with Crippen LogP contribution in [0.25, 0.3) is 0 Å². The lowest BCUT2D eigenvalue weighted by Crippen LogP contribution is -2.25. The highest BCUT2D eigenvalue weighted by atomic mass is 32.1. The Kier molecular flexibility index (Phi) is 5.91. The van der Waals surface area contributed by atoms with Gasteiger partial charge in [-0.15, -0.1) is 11.3 Å². The largest absolute Gasteiger partial charge is 0.497 e. The Morgan fingerprint density at radius 1 is 1.27 bits per heavy atom. The van der Waals surface area contributed by atoms with Crippen LogP contribution in [0.5, 0.6) is 5.75 Å². The van der Waals surface area contributed by atoms with E-state index in [9.17, 15) is 9.59 Å². The molecule has 0 atom stereocenters. The monoisotopic (exact) mass is 319 g/mol. The lowest BCUT2D eigenvalue weighted by atomic mass is 10.2. The van der Waals surface area contributed by atoms with E-state index in [0.717, 1.165) is 0 Å². The fourth-order valence-corrected chi connectivity index (χ4v) is 2.31. The molecular formula is C15H17N3O3S. The Labute approximate surface area is 132 Å². The summed E-state index contributed by atoms with van der Waals surface area (Å²) in [6.07, 6.45) is 2.54. The minimum atomic E-state index is -0.164. The number of aromatic nitrogens is 1. The minimum absolute atomic E-state index is 0.103. The van der Waals surface area contributed by atoms with Crippen LogP contribution in [0.1, 0.15) is 23.2 Å². The maximum Gasteiger partial charge on any atom is 0.251 e. The molecule has 116 valence electrons. The van der Waals surface area contributed by atoms with Gasteiger partial charge in [-0.25, -0.2) is 4.98 Å². The van der Waals surface area contributed by atoms with E-state index in [-0.39, 0.29) is 11.8 Å². The number of nitrogens with one attached hydrogen (secondary N) is 2. The Balaban J connectivity index is 1.67. The van der Waals surface area contributed by atoms with E-state index >= 15 is 0 Å². The first-order valence-electron chi connectivity index (χ1n) is 6.80. The maximum absolute atomic E-state index is 11.9. The highest BCUT2D eigenvalue weighted by Crippen LogP contribution is 2.12. The summed E-state index contributed by atoms with van der Waals surface area (Å²) in [6.45, 7) is 0.441. The van der Waals surface area contributed by atoms with Gasteiger partial charge in [0.05, 0.1) is 7.11 Å². The van der Waals surface area contributed by atoms with Gasteiger partial charge in [-0.2, -0.15) is 0 Å². The number of hydrogen-bond donors (Lipinski definition) is 2. The number of carbonyl (C=O) groups excluding carboxylic acids is 2. The minimum Gasteiger partial charge on any atom is -0.497 e. The van der Waals surface area contributed by atoms with Crippen LogP contribution in [0.15, 0.2) is 35.8 Å². The van der Waals surface area contributed by atoms with Crippen LogP contribution in [0.2, 0.25) is 0 Å². The summed E-state index contributed by atoms with van der Waals surface area (Å²) in [5, 5.41) is 7.86. The Morgan fingerprint density at radius 2 is 2.05 bits per heavy atom.